The number of fused-ring (bicyclic) bond motifs is 6. The van der Waals surface area contributed by atoms with Gasteiger partial charge in [0, 0.05) is 5.56 Å². The summed E-state index contributed by atoms with van der Waals surface area (Å²) in [6.45, 7) is 0. The molecule has 0 saturated heterocycles. The summed E-state index contributed by atoms with van der Waals surface area (Å²) >= 11 is 6.30. The lowest BCUT2D eigenvalue weighted by molar-refractivity contribution is -0.191. The quantitative estimate of drug-likeness (QED) is 0.355. The molecular weight excluding hydrogens is 530 g/mol. The molecule has 0 saturated carbocycles. The number of hydrogen-bond donors (Lipinski definition) is 0. The fraction of sp³-hybridized carbons (Fsp3) is 0.0476. The molecule has 0 atom stereocenters. The van der Waals surface area contributed by atoms with E-state index in [0.717, 1.165) is 0 Å². The number of benzene rings is 3. The molecule has 0 aromatic heterocycles. The van der Waals surface area contributed by atoms with Crippen molar-refractivity contribution in [2.45, 2.75) is 5.60 Å². The third kappa shape index (κ3) is 2.89. The molecule has 9 heteroatoms. The van der Waals surface area contributed by atoms with E-state index in [1.165, 1.54) is 24.3 Å². The number of ether oxygens (including phenoxy) is 2. The average molecular weight is 538 g/mol. The number of carbonyl (C=O) groups excluding carboxylic acids is 3. The summed E-state index contributed by atoms with van der Waals surface area (Å²) in [4.78, 5) is 28.8. The Morgan fingerprint density at radius 1 is 0.833 bits per heavy atom. The maximum absolute atomic E-state index is 14.4. The molecule has 5 nitrogen and oxygen atoms in total. The van der Waals surface area contributed by atoms with E-state index in [0.29, 0.717) is 33.8 Å². The molecule has 0 bridgehead atoms. The molecule has 0 fully saturated rings. The zero-order valence-corrected chi connectivity index (χ0v) is 17.8. The molecule has 2 heterocycles. The molecule has 30 heavy (non-hydrogen) atoms. The van der Waals surface area contributed by atoms with E-state index >= 15 is 0 Å². The minimum absolute atomic E-state index is 0.207. The molecule has 150 valence electrons. The Bertz CT molecular complexity index is 1190. The van der Waals surface area contributed by atoms with Crippen molar-refractivity contribution in [1.29, 1.82) is 0 Å². The van der Waals surface area contributed by atoms with Crippen LogP contribution < -0.4 is 4.74 Å². The highest BCUT2D eigenvalue weighted by atomic mass is 79.9. The van der Waals surface area contributed by atoms with Gasteiger partial charge in [-0.3, -0.25) is 0 Å². The predicted molar refractivity (Wildman–Crippen MR) is 105 cm³/mol. The fourth-order valence-corrected chi connectivity index (χ4v) is 4.30. The summed E-state index contributed by atoms with van der Waals surface area (Å²) in [6, 6.07) is 12.3. The zero-order chi connectivity index (χ0) is 21.6. The zero-order valence-electron chi connectivity index (χ0n) is 14.7. The Balaban J connectivity index is 0.000000687. The summed E-state index contributed by atoms with van der Waals surface area (Å²) in [5.74, 6) is -1.01. The highest BCUT2D eigenvalue weighted by molar-refractivity contribution is 9.10. The van der Waals surface area contributed by atoms with Gasteiger partial charge in [0.2, 0.25) is 0 Å². The van der Waals surface area contributed by atoms with Crippen molar-refractivity contribution in [3.8, 4) is 11.5 Å². The summed E-state index contributed by atoms with van der Waals surface area (Å²) < 4.78 is 41.0. The van der Waals surface area contributed by atoms with Crippen molar-refractivity contribution in [3.63, 3.8) is 0 Å². The van der Waals surface area contributed by atoms with Crippen LogP contribution in [0.15, 0.2) is 57.5 Å². The van der Waals surface area contributed by atoms with Crippen molar-refractivity contribution in [2.75, 3.05) is 0 Å². The third-order valence-corrected chi connectivity index (χ3v) is 6.01. The average Bonchev–Trinajstić information content (AvgIpc) is 3.00. The van der Waals surface area contributed by atoms with Crippen LogP contribution in [-0.4, -0.2) is 12.1 Å². The van der Waals surface area contributed by atoms with E-state index in [4.69, 9.17) is 19.1 Å². The van der Waals surface area contributed by atoms with Gasteiger partial charge in [0.05, 0.1) is 25.6 Å². The molecule has 0 unspecified atom stereocenters. The molecule has 3 aromatic rings. The van der Waals surface area contributed by atoms with Crippen LogP contribution in [0.25, 0.3) is 0 Å². The maximum Gasteiger partial charge on any atom is 0.373 e. The monoisotopic (exact) mass is 536 g/mol. The number of rotatable bonds is 0. The van der Waals surface area contributed by atoms with Gasteiger partial charge in [-0.1, -0.05) is 18.2 Å². The van der Waals surface area contributed by atoms with Gasteiger partial charge in [-0.15, -0.1) is 0 Å². The summed E-state index contributed by atoms with van der Waals surface area (Å²) in [5, 5.41) is 0. The Morgan fingerprint density at radius 2 is 1.33 bits per heavy atom. The molecule has 0 radical (unpaired) electrons. The first-order chi connectivity index (χ1) is 14.3. The summed E-state index contributed by atoms with van der Waals surface area (Å²) in [6.07, 6.45) is 0.250. The van der Waals surface area contributed by atoms with Crippen LogP contribution in [0.3, 0.4) is 0 Å². The predicted octanol–water partition coefficient (Wildman–Crippen LogP) is 5.47. The first kappa shape index (κ1) is 20.4. The normalized spacial score (nSPS) is 14.3. The van der Waals surface area contributed by atoms with Crippen LogP contribution in [0.4, 0.5) is 8.78 Å². The van der Waals surface area contributed by atoms with Gasteiger partial charge < -0.3 is 9.47 Å². The van der Waals surface area contributed by atoms with Gasteiger partial charge in [0.15, 0.2) is 5.60 Å². The highest BCUT2D eigenvalue weighted by Crippen LogP contribution is 2.57. The van der Waals surface area contributed by atoms with Crippen molar-refractivity contribution in [2.24, 2.45) is 0 Å². The fourth-order valence-electron chi connectivity index (χ4n) is 3.66. The first-order valence-corrected chi connectivity index (χ1v) is 9.91. The Kier molecular flexibility index (Phi) is 5.05. The highest BCUT2D eigenvalue weighted by Gasteiger charge is 2.54. The second kappa shape index (κ2) is 7.43. The number of halogens is 4. The number of hydrogen-bond acceptors (Lipinski definition) is 5. The molecule has 2 aliphatic rings. The van der Waals surface area contributed by atoms with Crippen LogP contribution >= 0.6 is 31.9 Å². The Hall–Kier alpha value is -2.87. The third-order valence-electron chi connectivity index (χ3n) is 4.80. The topological polar surface area (TPSA) is 69.7 Å². The van der Waals surface area contributed by atoms with Crippen LogP contribution in [0, 0.1) is 11.6 Å². The van der Waals surface area contributed by atoms with Crippen LogP contribution in [0.5, 0.6) is 11.5 Å². The van der Waals surface area contributed by atoms with E-state index in [1.54, 1.807) is 24.3 Å². The smallest absolute Gasteiger partial charge is 0.373 e. The molecule has 0 aliphatic carbocycles. The molecular formula is C21H8Br2F2O5. The first-order valence-electron chi connectivity index (χ1n) is 8.32. The summed E-state index contributed by atoms with van der Waals surface area (Å²) in [7, 11) is 0. The van der Waals surface area contributed by atoms with E-state index in [-0.39, 0.29) is 15.1 Å². The standard InChI is InChI=1S/C20H8Br2F2O3.CO2/c21-13-7-17-11(5-15(13)23)20(10-4-2-1-3-9(10)19(25)27-20)12-6-16(24)14(22)8-18(12)26-17;2-1-3/h1-8H;. The van der Waals surface area contributed by atoms with Gasteiger partial charge in [0.25, 0.3) is 0 Å². The maximum atomic E-state index is 14.4. The second-order valence-electron chi connectivity index (χ2n) is 6.33. The molecule has 1 spiro atoms. The second-order valence-corrected chi connectivity index (χ2v) is 8.04. The van der Waals surface area contributed by atoms with Crippen molar-refractivity contribution < 1.29 is 32.6 Å². The Labute approximate surface area is 184 Å². The van der Waals surface area contributed by atoms with Crippen molar-refractivity contribution >= 4 is 44.0 Å². The van der Waals surface area contributed by atoms with Crippen molar-refractivity contribution in [1.82, 2.24) is 0 Å². The molecule has 0 amide bonds. The van der Waals surface area contributed by atoms with Crippen LogP contribution in [-0.2, 0) is 19.9 Å². The van der Waals surface area contributed by atoms with E-state index in [9.17, 15) is 13.6 Å². The Morgan fingerprint density at radius 3 is 1.87 bits per heavy atom. The van der Waals surface area contributed by atoms with Crippen LogP contribution in [0.1, 0.15) is 27.0 Å². The van der Waals surface area contributed by atoms with Crippen LogP contribution in [0.2, 0.25) is 0 Å². The molecule has 2 aliphatic heterocycles. The van der Waals surface area contributed by atoms with Gasteiger partial charge in [-0.25, -0.2) is 13.6 Å². The van der Waals surface area contributed by atoms with Crippen molar-refractivity contribution in [3.05, 3.63) is 91.4 Å². The SMILES string of the molecule is O=C1OC2(c3cc(F)c(Br)cc3Oc3cc(Br)c(F)cc32)c2ccccc21.O=C=O. The number of esters is 1. The van der Waals surface area contributed by atoms with Gasteiger partial charge in [-0.2, -0.15) is 9.59 Å². The van der Waals surface area contributed by atoms with Gasteiger partial charge >= 0.3 is 12.1 Å². The van der Waals surface area contributed by atoms with Gasteiger partial charge in [0.1, 0.15) is 23.1 Å². The minimum atomic E-state index is -1.49. The van der Waals surface area contributed by atoms with Gasteiger partial charge in [-0.05, 0) is 62.2 Å². The number of carbonyl (C=O) groups is 1. The lowest BCUT2D eigenvalue weighted by Crippen LogP contribution is -2.33. The lowest BCUT2D eigenvalue weighted by atomic mass is 9.77. The van der Waals surface area contributed by atoms with E-state index in [1.807, 2.05) is 0 Å². The summed E-state index contributed by atoms with van der Waals surface area (Å²) in [5.41, 5.74) is -0.0155. The van der Waals surface area contributed by atoms with E-state index in [2.05, 4.69) is 31.9 Å². The molecule has 0 N–H and O–H groups in total. The molecule has 5 rings (SSSR count). The minimum Gasteiger partial charge on any atom is -0.456 e. The largest absolute Gasteiger partial charge is 0.456 e. The lowest BCUT2D eigenvalue weighted by Gasteiger charge is -2.36. The molecule has 3 aromatic carbocycles. The van der Waals surface area contributed by atoms with E-state index < -0.39 is 23.2 Å².